The highest BCUT2D eigenvalue weighted by atomic mass is 16.3. The van der Waals surface area contributed by atoms with Gasteiger partial charge in [0.2, 0.25) is 5.91 Å². The van der Waals surface area contributed by atoms with Crippen LogP contribution < -0.4 is 11.1 Å². The third kappa shape index (κ3) is 5.09. The van der Waals surface area contributed by atoms with Gasteiger partial charge in [-0.25, -0.2) is 0 Å². The minimum Gasteiger partial charge on any atom is -0.387 e. The molecule has 0 spiro atoms. The van der Waals surface area contributed by atoms with E-state index in [0.29, 0.717) is 12.5 Å². The topological polar surface area (TPSA) is 78.6 Å². The lowest BCUT2D eigenvalue weighted by Crippen LogP contribution is -2.44. The Morgan fingerprint density at radius 1 is 1.36 bits per heavy atom. The molecule has 1 heterocycles. The number of amides is 1. The highest BCUT2D eigenvalue weighted by molar-refractivity contribution is 5.79. The summed E-state index contributed by atoms with van der Waals surface area (Å²) in [5.74, 6) is 0.273. The predicted octanol–water partition coefficient (Wildman–Crippen LogP) is 0.895. The zero-order chi connectivity index (χ0) is 15.9. The predicted molar refractivity (Wildman–Crippen MR) is 87.2 cm³/mol. The molecule has 1 fully saturated rings. The number of hydrogen-bond acceptors (Lipinski definition) is 4. The average molecular weight is 305 g/mol. The van der Waals surface area contributed by atoms with Crippen LogP contribution in [-0.2, 0) is 4.79 Å². The van der Waals surface area contributed by atoms with Crippen LogP contribution in [0.4, 0.5) is 0 Å². The SMILES string of the molecule is C[C@H](NCC1CCN(C[C@H](O)c2ccccc2)CC1)C(N)=O. The second kappa shape index (κ2) is 8.27. The Morgan fingerprint density at radius 3 is 2.59 bits per heavy atom. The number of piperidine rings is 1. The molecule has 0 aliphatic carbocycles. The highest BCUT2D eigenvalue weighted by Crippen LogP contribution is 2.20. The van der Waals surface area contributed by atoms with E-state index in [4.69, 9.17) is 5.73 Å². The summed E-state index contributed by atoms with van der Waals surface area (Å²) in [4.78, 5) is 13.3. The minimum absolute atomic E-state index is 0.266. The molecule has 4 N–H and O–H groups in total. The summed E-state index contributed by atoms with van der Waals surface area (Å²) in [5, 5.41) is 13.5. The van der Waals surface area contributed by atoms with Gasteiger partial charge in [-0.15, -0.1) is 0 Å². The quantitative estimate of drug-likeness (QED) is 0.699. The molecular weight excluding hydrogens is 278 g/mol. The van der Waals surface area contributed by atoms with E-state index in [1.54, 1.807) is 6.92 Å². The molecular formula is C17H27N3O2. The molecule has 1 aromatic carbocycles. The molecule has 1 aromatic rings. The van der Waals surface area contributed by atoms with Gasteiger partial charge in [0.25, 0.3) is 0 Å². The van der Waals surface area contributed by atoms with Gasteiger partial charge >= 0.3 is 0 Å². The summed E-state index contributed by atoms with van der Waals surface area (Å²) in [5.41, 5.74) is 6.22. The van der Waals surface area contributed by atoms with Crippen LogP contribution in [0, 0.1) is 5.92 Å². The molecule has 1 amide bonds. The van der Waals surface area contributed by atoms with Gasteiger partial charge in [0.15, 0.2) is 0 Å². The van der Waals surface area contributed by atoms with E-state index < -0.39 is 6.10 Å². The summed E-state index contributed by atoms with van der Waals surface area (Å²) in [6, 6.07) is 9.53. The van der Waals surface area contributed by atoms with Crippen molar-refractivity contribution in [3.05, 3.63) is 35.9 Å². The standard InChI is InChI=1S/C17H27N3O2/c1-13(17(18)22)19-11-14-7-9-20(10-8-14)12-16(21)15-5-3-2-4-6-15/h2-6,13-14,16,19,21H,7-12H2,1H3,(H2,18,22)/t13-,16-/m0/s1. The number of benzene rings is 1. The highest BCUT2D eigenvalue weighted by Gasteiger charge is 2.22. The Bertz CT molecular complexity index is 458. The van der Waals surface area contributed by atoms with Gasteiger partial charge in [0.1, 0.15) is 0 Å². The molecule has 0 aromatic heterocycles. The monoisotopic (exact) mass is 305 g/mol. The number of nitrogens with zero attached hydrogens (tertiary/aromatic N) is 1. The third-order valence-electron chi connectivity index (χ3n) is 4.46. The fourth-order valence-electron chi connectivity index (χ4n) is 2.84. The molecule has 2 atom stereocenters. The molecule has 1 aliphatic rings. The van der Waals surface area contributed by atoms with Gasteiger partial charge < -0.3 is 21.1 Å². The largest absolute Gasteiger partial charge is 0.387 e. The Kier molecular flexibility index (Phi) is 6.36. The van der Waals surface area contributed by atoms with E-state index in [1.807, 2.05) is 30.3 Å². The maximum Gasteiger partial charge on any atom is 0.234 e. The first kappa shape index (κ1) is 16.9. The molecule has 5 nitrogen and oxygen atoms in total. The van der Waals surface area contributed by atoms with Crippen molar-refractivity contribution in [2.45, 2.75) is 31.9 Å². The number of nitrogens with two attached hydrogens (primary N) is 1. The molecule has 0 bridgehead atoms. The van der Waals surface area contributed by atoms with Crippen LogP contribution in [-0.4, -0.2) is 48.1 Å². The number of aliphatic hydroxyl groups excluding tert-OH is 1. The van der Waals surface area contributed by atoms with Crippen molar-refractivity contribution in [1.29, 1.82) is 0 Å². The molecule has 2 rings (SSSR count). The number of β-amino-alcohol motifs (C(OH)–C–C–N with tert-alkyl or cyclic N) is 1. The van der Waals surface area contributed by atoms with Crippen LogP contribution in [0.1, 0.15) is 31.4 Å². The summed E-state index contributed by atoms with van der Waals surface area (Å²) < 4.78 is 0. The van der Waals surface area contributed by atoms with E-state index in [2.05, 4.69) is 10.2 Å². The first-order valence-corrected chi connectivity index (χ1v) is 8.04. The van der Waals surface area contributed by atoms with E-state index in [9.17, 15) is 9.90 Å². The van der Waals surface area contributed by atoms with E-state index in [-0.39, 0.29) is 11.9 Å². The second-order valence-corrected chi connectivity index (χ2v) is 6.20. The number of nitrogens with one attached hydrogen (secondary N) is 1. The Labute approximate surface area is 132 Å². The van der Waals surface area contributed by atoms with Crippen molar-refractivity contribution in [3.8, 4) is 0 Å². The van der Waals surface area contributed by atoms with Crippen molar-refractivity contribution in [3.63, 3.8) is 0 Å². The Hall–Kier alpha value is -1.43. The van der Waals surface area contributed by atoms with Crippen LogP contribution >= 0.6 is 0 Å². The number of aliphatic hydroxyl groups is 1. The fourth-order valence-corrected chi connectivity index (χ4v) is 2.84. The molecule has 5 heteroatoms. The zero-order valence-electron chi connectivity index (χ0n) is 13.2. The zero-order valence-corrected chi connectivity index (χ0v) is 13.2. The number of carbonyl (C=O) groups is 1. The molecule has 22 heavy (non-hydrogen) atoms. The van der Waals surface area contributed by atoms with Gasteiger partial charge in [-0.05, 0) is 50.9 Å². The summed E-state index contributed by atoms with van der Waals surface area (Å²) in [6.07, 6.45) is 1.74. The number of likely N-dealkylation sites (tertiary alicyclic amines) is 1. The fraction of sp³-hybridized carbons (Fsp3) is 0.588. The maximum atomic E-state index is 11.0. The molecule has 0 radical (unpaired) electrons. The third-order valence-corrected chi connectivity index (χ3v) is 4.46. The molecule has 0 unspecified atom stereocenters. The average Bonchev–Trinajstić information content (AvgIpc) is 2.54. The summed E-state index contributed by atoms with van der Waals surface area (Å²) in [7, 11) is 0. The number of carbonyl (C=O) groups excluding carboxylic acids is 1. The van der Waals surface area contributed by atoms with Gasteiger partial charge in [-0.2, -0.15) is 0 Å². The Balaban J connectivity index is 1.70. The summed E-state index contributed by atoms with van der Waals surface area (Å²) >= 11 is 0. The smallest absolute Gasteiger partial charge is 0.234 e. The van der Waals surface area contributed by atoms with Gasteiger partial charge in [-0.3, -0.25) is 4.79 Å². The van der Waals surface area contributed by atoms with Crippen LogP contribution in [0.5, 0.6) is 0 Å². The minimum atomic E-state index is -0.425. The van der Waals surface area contributed by atoms with E-state index in [1.165, 1.54) is 0 Å². The lowest BCUT2D eigenvalue weighted by Gasteiger charge is -2.33. The van der Waals surface area contributed by atoms with Crippen molar-refractivity contribution in [1.82, 2.24) is 10.2 Å². The molecule has 1 saturated heterocycles. The van der Waals surface area contributed by atoms with Gasteiger partial charge in [0, 0.05) is 6.54 Å². The first-order chi connectivity index (χ1) is 10.6. The van der Waals surface area contributed by atoms with Crippen LogP contribution in [0.25, 0.3) is 0 Å². The van der Waals surface area contributed by atoms with Gasteiger partial charge in [0.05, 0.1) is 12.1 Å². The first-order valence-electron chi connectivity index (χ1n) is 8.04. The Morgan fingerprint density at radius 2 is 2.00 bits per heavy atom. The number of primary amides is 1. The van der Waals surface area contributed by atoms with E-state index >= 15 is 0 Å². The van der Waals surface area contributed by atoms with Crippen molar-refractivity contribution in [2.24, 2.45) is 11.7 Å². The number of hydrogen-bond donors (Lipinski definition) is 3. The van der Waals surface area contributed by atoms with Crippen molar-refractivity contribution in [2.75, 3.05) is 26.2 Å². The molecule has 122 valence electrons. The lowest BCUT2D eigenvalue weighted by atomic mass is 9.96. The van der Waals surface area contributed by atoms with Crippen LogP contribution in [0.15, 0.2) is 30.3 Å². The van der Waals surface area contributed by atoms with Crippen molar-refractivity contribution >= 4 is 5.91 Å². The van der Waals surface area contributed by atoms with Crippen LogP contribution in [0.2, 0.25) is 0 Å². The lowest BCUT2D eigenvalue weighted by molar-refractivity contribution is -0.119. The van der Waals surface area contributed by atoms with E-state index in [0.717, 1.165) is 38.0 Å². The normalized spacial score (nSPS) is 19.7. The molecule has 0 saturated carbocycles. The van der Waals surface area contributed by atoms with Crippen LogP contribution in [0.3, 0.4) is 0 Å². The maximum absolute atomic E-state index is 11.0. The van der Waals surface area contributed by atoms with Crippen molar-refractivity contribution < 1.29 is 9.90 Å². The second-order valence-electron chi connectivity index (χ2n) is 6.20. The molecule has 1 aliphatic heterocycles. The summed E-state index contributed by atoms with van der Waals surface area (Å²) in [6.45, 7) is 5.29. The van der Waals surface area contributed by atoms with Gasteiger partial charge in [-0.1, -0.05) is 30.3 Å². The number of rotatable bonds is 7.